The fourth-order valence-corrected chi connectivity index (χ4v) is 4.15. The lowest BCUT2D eigenvalue weighted by Gasteiger charge is -2.24. The van der Waals surface area contributed by atoms with Crippen molar-refractivity contribution in [1.29, 1.82) is 0 Å². The molecule has 2 fully saturated rings. The summed E-state index contributed by atoms with van der Waals surface area (Å²) in [4.78, 5) is 9.43. The van der Waals surface area contributed by atoms with Gasteiger partial charge in [0.25, 0.3) is 0 Å². The van der Waals surface area contributed by atoms with Gasteiger partial charge in [0, 0.05) is 33.2 Å². The van der Waals surface area contributed by atoms with Gasteiger partial charge in [-0.1, -0.05) is 39.5 Å². The van der Waals surface area contributed by atoms with Crippen molar-refractivity contribution < 1.29 is 4.74 Å². The van der Waals surface area contributed by atoms with Crippen LogP contribution in [0, 0.1) is 5.92 Å². The average Bonchev–Trinajstić information content (AvgIpc) is 2.93. The predicted molar refractivity (Wildman–Crippen MR) is 122 cm³/mol. The first-order chi connectivity index (χ1) is 12.3. The summed E-state index contributed by atoms with van der Waals surface area (Å²) in [5, 5.41) is 3.51. The lowest BCUT2D eigenvalue weighted by molar-refractivity contribution is 0.0466. The van der Waals surface area contributed by atoms with Crippen LogP contribution in [0.4, 0.5) is 0 Å². The highest BCUT2D eigenvalue weighted by Crippen LogP contribution is 2.20. The highest BCUT2D eigenvalue weighted by Gasteiger charge is 2.25. The van der Waals surface area contributed by atoms with E-state index < -0.39 is 0 Å². The molecule has 0 radical (unpaired) electrons. The molecular formula is C20H41IN4O. The Morgan fingerprint density at radius 1 is 1.12 bits per heavy atom. The van der Waals surface area contributed by atoms with Crippen LogP contribution in [-0.2, 0) is 4.74 Å². The van der Waals surface area contributed by atoms with Crippen molar-refractivity contribution in [2.24, 2.45) is 10.9 Å². The van der Waals surface area contributed by atoms with Crippen LogP contribution < -0.4 is 5.32 Å². The number of aliphatic imine (C=N–C) groups is 1. The smallest absolute Gasteiger partial charge is 0.193 e. The van der Waals surface area contributed by atoms with Gasteiger partial charge in [0.15, 0.2) is 5.96 Å². The van der Waals surface area contributed by atoms with E-state index >= 15 is 0 Å². The molecule has 0 aromatic carbocycles. The van der Waals surface area contributed by atoms with Crippen LogP contribution in [0.25, 0.3) is 0 Å². The lowest BCUT2D eigenvalue weighted by Crippen LogP contribution is -2.42. The van der Waals surface area contributed by atoms with Crippen molar-refractivity contribution in [2.75, 3.05) is 52.9 Å². The second kappa shape index (κ2) is 14.0. The van der Waals surface area contributed by atoms with Gasteiger partial charge in [-0.15, -0.1) is 24.0 Å². The molecule has 6 heteroatoms. The van der Waals surface area contributed by atoms with Crippen LogP contribution in [0.2, 0.25) is 0 Å². The molecule has 0 amide bonds. The van der Waals surface area contributed by atoms with Gasteiger partial charge < -0.3 is 19.9 Å². The Balaban J connectivity index is 0.00000338. The topological polar surface area (TPSA) is 40.1 Å². The number of ether oxygens (including phenoxy) is 1. The normalized spacial score (nSPS) is 22.4. The van der Waals surface area contributed by atoms with E-state index in [1.54, 1.807) is 0 Å². The highest BCUT2D eigenvalue weighted by molar-refractivity contribution is 14.0. The lowest BCUT2D eigenvalue weighted by atomic mass is 10.1. The van der Waals surface area contributed by atoms with E-state index in [4.69, 9.17) is 4.74 Å². The minimum Gasteiger partial charge on any atom is -0.376 e. The van der Waals surface area contributed by atoms with E-state index in [1.165, 1.54) is 51.5 Å². The van der Waals surface area contributed by atoms with Crippen molar-refractivity contribution in [3.63, 3.8) is 0 Å². The quantitative estimate of drug-likeness (QED) is 0.190. The van der Waals surface area contributed by atoms with Gasteiger partial charge in [-0.25, -0.2) is 0 Å². The van der Waals surface area contributed by atoms with Crippen molar-refractivity contribution in [3.8, 4) is 0 Å². The Kier molecular flexibility index (Phi) is 12.9. The van der Waals surface area contributed by atoms with Gasteiger partial charge in [-0.2, -0.15) is 0 Å². The maximum absolute atomic E-state index is 6.08. The maximum atomic E-state index is 6.08. The third-order valence-electron chi connectivity index (χ3n) is 5.75. The zero-order valence-electron chi connectivity index (χ0n) is 17.2. The monoisotopic (exact) mass is 480 g/mol. The summed E-state index contributed by atoms with van der Waals surface area (Å²) in [7, 11) is 1.90. The molecule has 1 aliphatic carbocycles. The molecule has 0 bridgehead atoms. The average molecular weight is 480 g/mol. The minimum absolute atomic E-state index is 0. The number of guanidine groups is 1. The van der Waals surface area contributed by atoms with Crippen LogP contribution in [-0.4, -0.2) is 74.8 Å². The molecule has 5 nitrogen and oxygen atoms in total. The van der Waals surface area contributed by atoms with E-state index in [0.717, 1.165) is 51.2 Å². The molecule has 0 spiro atoms. The highest BCUT2D eigenvalue weighted by atomic mass is 127. The minimum atomic E-state index is 0. The van der Waals surface area contributed by atoms with E-state index in [9.17, 15) is 0 Å². The molecule has 26 heavy (non-hydrogen) atoms. The Bertz CT molecular complexity index is 382. The molecule has 1 saturated carbocycles. The zero-order valence-corrected chi connectivity index (χ0v) is 19.5. The summed E-state index contributed by atoms with van der Waals surface area (Å²) in [6.45, 7) is 11.9. The van der Waals surface area contributed by atoms with Gasteiger partial charge in [-0.3, -0.25) is 4.99 Å². The molecular weight excluding hydrogens is 439 g/mol. The maximum Gasteiger partial charge on any atom is 0.193 e. The molecule has 1 saturated heterocycles. The third kappa shape index (κ3) is 8.30. The number of hydrogen-bond acceptors (Lipinski definition) is 3. The predicted octanol–water partition coefficient (Wildman–Crippen LogP) is 3.58. The Morgan fingerprint density at radius 3 is 2.42 bits per heavy atom. The largest absolute Gasteiger partial charge is 0.376 e. The van der Waals surface area contributed by atoms with E-state index in [1.807, 2.05) is 7.05 Å². The van der Waals surface area contributed by atoms with Gasteiger partial charge in [0.2, 0.25) is 0 Å². The summed E-state index contributed by atoms with van der Waals surface area (Å²) in [6, 6.07) is 0. The molecule has 1 aliphatic heterocycles. The van der Waals surface area contributed by atoms with E-state index in [0.29, 0.717) is 6.10 Å². The molecule has 1 heterocycles. The van der Waals surface area contributed by atoms with Gasteiger partial charge in [0.05, 0.1) is 12.7 Å². The van der Waals surface area contributed by atoms with Gasteiger partial charge in [0.1, 0.15) is 0 Å². The molecule has 2 rings (SSSR count). The molecule has 2 aliphatic rings. The summed E-state index contributed by atoms with van der Waals surface area (Å²) in [5.41, 5.74) is 0. The van der Waals surface area contributed by atoms with Crippen LogP contribution >= 0.6 is 24.0 Å². The first-order valence-corrected chi connectivity index (χ1v) is 10.6. The second-order valence-corrected chi connectivity index (χ2v) is 7.54. The summed E-state index contributed by atoms with van der Waals surface area (Å²) in [5.74, 6) is 1.81. The first kappa shape index (κ1) is 24.0. The number of likely N-dealkylation sites (tertiary alicyclic amines) is 1. The van der Waals surface area contributed by atoms with Crippen molar-refractivity contribution in [1.82, 2.24) is 15.1 Å². The molecule has 0 aromatic rings. The number of nitrogens with zero attached hydrogens (tertiary/aromatic N) is 3. The van der Waals surface area contributed by atoms with E-state index in [2.05, 4.69) is 34.0 Å². The van der Waals surface area contributed by atoms with Crippen molar-refractivity contribution in [3.05, 3.63) is 0 Å². The Morgan fingerprint density at radius 2 is 1.81 bits per heavy atom. The van der Waals surface area contributed by atoms with Crippen LogP contribution in [0.15, 0.2) is 4.99 Å². The van der Waals surface area contributed by atoms with E-state index in [-0.39, 0.29) is 24.0 Å². The van der Waals surface area contributed by atoms with Crippen molar-refractivity contribution >= 4 is 29.9 Å². The SMILES string of the molecule is CCN(CC)CC1CCN(C(=NC)NCCOC2CCCCCC2)C1.I. The molecule has 0 aromatic heterocycles. The van der Waals surface area contributed by atoms with Crippen molar-refractivity contribution in [2.45, 2.75) is 64.9 Å². The second-order valence-electron chi connectivity index (χ2n) is 7.54. The third-order valence-corrected chi connectivity index (χ3v) is 5.75. The van der Waals surface area contributed by atoms with Gasteiger partial charge in [-0.05, 0) is 38.3 Å². The molecule has 1 atom stereocenters. The molecule has 154 valence electrons. The van der Waals surface area contributed by atoms with Gasteiger partial charge >= 0.3 is 0 Å². The summed E-state index contributed by atoms with van der Waals surface area (Å²) >= 11 is 0. The standard InChI is InChI=1S/C20H40N4O.HI/c1-4-23(5-2)16-18-12-14-24(17-18)20(21-3)22-13-15-25-19-10-8-6-7-9-11-19;/h18-19H,4-17H2,1-3H3,(H,21,22);1H. The van der Waals surface area contributed by atoms with Crippen LogP contribution in [0.1, 0.15) is 58.8 Å². The fourth-order valence-electron chi connectivity index (χ4n) is 4.15. The number of hydrogen-bond donors (Lipinski definition) is 1. The summed E-state index contributed by atoms with van der Waals surface area (Å²) in [6.07, 6.45) is 9.68. The first-order valence-electron chi connectivity index (χ1n) is 10.6. The molecule has 1 unspecified atom stereocenters. The Hall–Kier alpha value is -0.0800. The van der Waals surface area contributed by atoms with Crippen LogP contribution in [0.3, 0.4) is 0 Å². The Labute approximate surface area is 178 Å². The zero-order chi connectivity index (χ0) is 17.9. The molecule has 1 N–H and O–H groups in total. The fraction of sp³-hybridized carbons (Fsp3) is 0.950. The number of rotatable bonds is 8. The summed E-state index contributed by atoms with van der Waals surface area (Å²) < 4.78 is 6.08. The van der Waals surface area contributed by atoms with Crippen LogP contribution in [0.5, 0.6) is 0 Å². The number of nitrogens with one attached hydrogen (secondary N) is 1. The number of halogens is 1.